The van der Waals surface area contributed by atoms with Gasteiger partial charge >= 0.3 is 0 Å². The van der Waals surface area contributed by atoms with E-state index in [9.17, 15) is 9.59 Å². The van der Waals surface area contributed by atoms with Gasteiger partial charge in [-0.2, -0.15) is 0 Å². The average Bonchev–Trinajstić information content (AvgIpc) is 2.65. The van der Waals surface area contributed by atoms with Gasteiger partial charge in [0.2, 0.25) is 5.91 Å². The molecule has 2 N–H and O–H groups in total. The zero-order valence-corrected chi connectivity index (χ0v) is 14.4. The predicted molar refractivity (Wildman–Crippen MR) is 95.0 cm³/mol. The summed E-state index contributed by atoms with van der Waals surface area (Å²) in [5.41, 5.74) is 1.45. The van der Waals surface area contributed by atoms with E-state index < -0.39 is 0 Å². The molecular weight excluding hydrogens is 320 g/mol. The van der Waals surface area contributed by atoms with E-state index in [0.29, 0.717) is 24.4 Å². The zero-order chi connectivity index (χ0) is 18.1. The number of benzene rings is 2. The van der Waals surface area contributed by atoms with E-state index in [2.05, 4.69) is 10.6 Å². The highest BCUT2D eigenvalue weighted by Crippen LogP contribution is 2.12. The number of hydrogen-bond acceptors (Lipinski definition) is 4. The van der Waals surface area contributed by atoms with Crippen molar-refractivity contribution in [2.45, 2.75) is 6.42 Å². The molecule has 25 heavy (non-hydrogen) atoms. The molecule has 2 rings (SSSR count). The second-order valence-electron chi connectivity index (χ2n) is 5.36. The van der Waals surface area contributed by atoms with E-state index >= 15 is 0 Å². The molecule has 2 aromatic carbocycles. The Kier molecular flexibility index (Phi) is 6.83. The highest BCUT2D eigenvalue weighted by molar-refractivity contribution is 5.94. The van der Waals surface area contributed by atoms with Gasteiger partial charge in [-0.05, 0) is 42.0 Å². The molecule has 0 saturated carbocycles. The Morgan fingerprint density at radius 3 is 1.88 bits per heavy atom. The third kappa shape index (κ3) is 5.84. The van der Waals surface area contributed by atoms with Crippen molar-refractivity contribution < 1.29 is 19.1 Å². The molecule has 0 saturated heterocycles. The van der Waals surface area contributed by atoms with Crippen LogP contribution in [-0.4, -0.2) is 39.1 Å². The lowest BCUT2D eigenvalue weighted by Crippen LogP contribution is -2.35. The first kappa shape index (κ1) is 18.3. The highest BCUT2D eigenvalue weighted by Gasteiger charge is 2.06. The van der Waals surface area contributed by atoms with Gasteiger partial charge in [0.25, 0.3) is 5.91 Å². The Morgan fingerprint density at radius 1 is 0.800 bits per heavy atom. The van der Waals surface area contributed by atoms with Gasteiger partial charge in [0.05, 0.1) is 20.6 Å². The Balaban J connectivity index is 1.68. The molecule has 6 heteroatoms. The molecule has 2 aromatic rings. The minimum Gasteiger partial charge on any atom is -0.497 e. The maximum atomic E-state index is 12.0. The number of methoxy groups -OCH3 is 2. The average molecular weight is 342 g/mol. The van der Waals surface area contributed by atoms with Crippen molar-refractivity contribution in [3.05, 3.63) is 59.7 Å². The van der Waals surface area contributed by atoms with Crippen LogP contribution in [0.4, 0.5) is 0 Å². The van der Waals surface area contributed by atoms with E-state index in [4.69, 9.17) is 9.47 Å². The van der Waals surface area contributed by atoms with Crippen LogP contribution in [0.3, 0.4) is 0 Å². The van der Waals surface area contributed by atoms with Crippen molar-refractivity contribution in [2.24, 2.45) is 0 Å². The van der Waals surface area contributed by atoms with Crippen molar-refractivity contribution in [1.29, 1.82) is 0 Å². The van der Waals surface area contributed by atoms with Crippen LogP contribution in [0.5, 0.6) is 11.5 Å². The first-order chi connectivity index (χ1) is 12.1. The molecule has 0 radical (unpaired) electrons. The lowest BCUT2D eigenvalue weighted by atomic mass is 10.1. The highest BCUT2D eigenvalue weighted by atomic mass is 16.5. The fourth-order valence-electron chi connectivity index (χ4n) is 2.21. The van der Waals surface area contributed by atoms with Crippen LogP contribution < -0.4 is 20.1 Å². The van der Waals surface area contributed by atoms with Crippen molar-refractivity contribution in [2.75, 3.05) is 27.3 Å². The fraction of sp³-hybridized carbons (Fsp3) is 0.263. The SMILES string of the molecule is COc1ccc(CC(=O)NCCNC(=O)c2ccc(OC)cc2)cc1. The van der Waals surface area contributed by atoms with Gasteiger partial charge in [0, 0.05) is 18.7 Å². The Hall–Kier alpha value is -3.02. The van der Waals surface area contributed by atoms with E-state index in [0.717, 1.165) is 11.3 Å². The molecule has 0 heterocycles. The molecule has 0 aliphatic rings. The topological polar surface area (TPSA) is 76.7 Å². The quantitative estimate of drug-likeness (QED) is 0.717. The van der Waals surface area contributed by atoms with Crippen LogP contribution in [-0.2, 0) is 11.2 Å². The molecule has 132 valence electrons. The Morgan fingerprint density at radius 2 is 1.32 bits per heavy atom. The standard InChI is InChI=1S/C19H22N2O4/c1-24-16-7-3-14(4-8-16)13-18(22)20-11-12-21-19(23)15-5-9-17(25-2)10-6-15/h3-10H,11-13H2,1-2H3,(H,20,22)(H,21,23). The smallest absolute Gasteiger partial charge is 0.251 e. The maximum absolute atomic E-state index is 12.0. The number of nitrogens with one attached hydrogen (secondary N) is 2. The Bertz CT molecular complexity index is 696. The molecule has 0 bridgehead atoms. The van der Waals surface area contributed by atoms with Gasteiger partial charge in [0.1, 0.15) is 11.5 Å². The monoisotopic (exact) mass is 342 g/mol. The van der Waals surface area contributed by atoms with Crippen molar-refractivity contribution in [3.63, 3.8) is 0 Å². The van der Waals surface area contributed by atoms with Crippen LogP contribution >= 0.6 is 0 Å². The number of carbonyl (C=O) groups excluding carboxylic acids is 2. The minimum atomic E-state index is -0.188. The summed E-state index contributed by atoms with van der Waals surface area (Å²) in [6.45, 7) is 0.732. The number of rotatable bonds is 8. The van der Waals surface area contributed by atoms with Crippen molar-refractivity contribution >= 4 is 11.8 Å². The van der Waals surface area contributed by atoms with E-state index in [1.165, 1.54) is 0 Å². The molecule has 2 amide bonds. The van der Waals surface area contributed by atoms with Gasteiger partial charge in [-0.1, -0.05) is 12.1 Å². The zero-order valence-electron chi connectivity index (χ0n) is 14.4. The van der Waals surface area contributed by atoms with Gasteiger partial charge in [-0.3, -0.25) is 9.59 Å². The van der Waals surface area contributed by atoms with Gasteiger partial charge in [-0.15, -0.1) is 0 Å². The first-order valence-corrected chi connectivity index (χ1v) is 7.94. The summed E-state index contributed by atoms with van der Waals surface area (Å²) in [5, 5.41) is 5.54. The third-order valence-electron chi connectivity index (χ3n) is 3.61. The van der Waals surface area contributed by atoms with Crippen LogP contribution in [0.1, 0.15) is 15.9 Å². The van der Waals surface area contributed by atoms with Crippen molar-refractivity contribution in [3.8, 4) is 11.5 Å². The molecule has 0 spiro atoms. The minimum absolute atomic E-state index is 0.0936. The second kappa shape index (κ2) is 9.32. The van der Waals surface area contributed by atoms with Gasteiger partial charge < -0.3 is 20.1 Å². The summed E-state index contributed by atoms with van der Waals surface area (Å²) < 4.78 is 10.1. The maximum Gasteiger partial charge on any atom is 0.251 e. The molecule has 0 aromatic heterocycles. The van der Waals surface area contributed by atoms with Crippen LogP contribution in [0.25, 0.3) is 0 Å². The summed E-state index contributed by atoms with van der Waals surface area (Å²) in [7, 11) is 3.17. The molecular formula is C19H22N2O4. The summed E-state index contributed by atoms with van der Waals surface area (Å²) in [4.78, 5) is 23.8. The molecule has 0 unspecified atom stereocenters. The van der Waals surface area contributed by atoms with Crippen LogP contribution in [0, 0.1) is 0 Å². The number of ether oxygens (including phenoxy) is 2. The predicted octanol–water partition coefficient (Wildman–Crippen LogP) is 1.79. The van der Waals surface area contributed by atoms with Crippen molar-refractivity contribution in [1.82, 2.24) is 10.6 Å². The largest absolute Gasteiger partial charge is 0.497 e. The number of amides is 2. The van der Waals surface area contributed by atoms with Crippen LogP contribution in [0.2, 0.25) is 0 Å². The van der Waals surface area contributed by atoms with Crippen LogP contribution in [0.15, 0.2) is 48.5 Å². The summed E-state index contributed by atoms with van der Waals surface area (Å²) in [6, 6.07) is 14.2. The van der Waals surface area contributed by atoms with E-state index in [1.807, 2.05) is 24.3 Å². The third-order valence-corrected chi connectivity index (χ3v) is 3.61. The normalized spacial score (nSPS) is 10.0. The summed E-state index contributed by atoms with van der Waals surface area (Å²) in [6.07, 6.45) is 0.288. The Labute approximate surface area is 147 Å². The molecule has 0 aliphatic heterocycles. The number of hydrogen-bond donors (Lipinski definition) is 2. The molecule has 0 atom stereocenters. The fourth-order valence-corrected chi connectivity index (χ4v) is 2.21. The summed E-state index contributed by atoms with van der Waals surface area (Å²) in [5.74, 6) is 1.17. The lowest BCUT2D eigenvalue weighted by Gasteiger charge is -2.08. The van der Waals surface area contributed by atoms with E-state index in [-0.39, 0.29) is 18.2 Å². The lowest BCUT2D eigenvalue weighted by molar-refractivity contribution is -0.120. The summed E-state index contributed by atoms with van der Waals surface area (Å²) >= 11 is 0. The number of carbonyl (C=O) groups is 2. The van der Waals surface area contributed by atoms with Gasteiger partial charge in [0.15, 0.2) is 0 Å². The second-order valence-corrected chi connectivity index (χ2v) is 5.36. The van der Waals surface area contributed by atoms with Gasteiger partial charge in [-0.25, -0.2) is 0 Å². The molecule has 0 aliphatic carbocycles. The first-order valence-electron chi connectivity index (χ1n) is 7.94. The van der Waals surface area contributed by atoms with E-state index in [1.54, 1.807) is 38.5 Å². The molecule has 0 fully saturated rings. The molecule has 6 nitrogen and oxygen atoms in total.